The summed E-state index contributed by atoms with van der Waals surface area (Å²) in [5, 5.41) is 19.5. The van der Waals surface area contributed by atoms with Gasteiger partial charge in [0.05, 0.1) is 30.5 Å². The molecule has 0 saturated heterocycles. The molecule has 0 spiro atoms. The third-order valence-electron chi connectivity index (χ3n) is 8.01. The molecule has 1 aromatic heterocycles. The molecule has 2 aliphatic rings. The number of aromatic nitrogens is 1. The zero-order valence-corrected chi connectivity index (χ0v) is 23.7. The van der Waals surface area contributed by atoms with Crippen LogP contribution < -0.4 is 15.2 Å². The summed E-state index contributed by atoms with van der Waals surface area (Å²) in [5.74, 6) is 0.285. The maximum Gasteiger partial charge on any atom is 0.335 e. The molecule has 3 aromatic rings. The molecule has 2 heterocycles. The lowest BCUT2D eigenvalue weighted by molar-refractivity contribution is 0.0697. The molecule has 1 fully saturated rings. The monoisotopic (exact) mass is 570 g/mol. The van der Waals surface area contributed by atoms with Gasteiger partial charge in [-0.3, -0.25) is 0 Å². The number of aromatic carboxylic acids is 1. The predicted molar refractivity (Wildman–Crippen MR) is 154 cm³/mol. The molecule has 216 valence electrons. The largest absolute Gasteiger partial charge is 0.491 e. The highest BCUT2D eigenvalue weighted by Gasteiger charge is 2.30. The third-order valence-corrected chi connectivity index (χ3v) is 9.07. The van der Waals surface area contributed by atoms with Crippen molar-refractivity contribution in [1.82, 2.24) is 14.2 Å². The molecule has 40 heavy (non-hydrogen) atoms. The van der Waals surface area contributed by atoms with Crippen LogP contribution >= 0.6 is 0 Å². The molecule has 1 atom stereocenters. The number of ether oxygens (including phenoxy) is 2. The van der Waals surface area contributed by atoms with Gasteiger partial charge >= 0.3 is 5.97 Å². The maximum absolute atomic E-state index is 11.9. The number of nitrogens with one attached hydrogen (secondary N) is 1. The van der Waals surface area contributed by atoms with Gasteiger partial charge in [-0.2, -0.15) is 12.7 Å². The number of rotatable bonds is 10. The number of fused-ring (bicyclic) bond motifs is 5. The Kier molecular flexibility index (Phi) is 8.77. The smallest absolute Gasteiger partial charge is 0.335 e. The van der Waals surface area contributed by atoms with Gasteiger partial charge in [-0.1, -0.05) is 37.5 Å². The van der Waals surface area contributed by atoms with Crippen molar-refractivity contribution in [2.75, 3.05) is 40.0 Å². The zero-order chi connectivity index (χ0) is 28.3. The highest BCUT2D eigenvalue weighted by Crippen LogP contribution is 2.46. The number of hydrogen-bond donors (Lipinski definition) is 3. The van der Waals surface area contributed by atoms with Crippen LogP contribution in [0.5, 0.6) is 5.75 Å². The van der Waals surface area contributed by atoms with Crippen LogP contribution in [0, 0.1) is 0 Å². The first-order valence-electron chi connectivity index (χ1n) is 13.9. The fourth-order valence-corrected chi connectivity index (χ4v) is 6.26. The fraction of sp³-hybridized carbons (Fsp3) is 0.483. The van der Waals surface area contributed by atoms with Crippen LogP contribution in [0.2, 0.25) is 0 Å². The average molecular weight is 571 g/mol. The Morgan fingerprint density at radius 3 is 2.70 bits per heavy atom. The molecule has 0 bridgehead atoms. The lowest BCUT2D eigenvalue weighted by atomic mass is 9.81. The van der Waals surface area contributed by atoms with E-state index in [-0.39, 0.29) is 24.8 Å². The van der Waals surface area contributed by atoms with Crippen molar-refractivity contribution in [3.8, 4) is 17.0 Å². The second kappa shape index (κ2) is 12.3. The van der Waals surface area contributed by atoms with Gasteiger partial charge in [-0.15, -0.1) is 0 Å². The van der Waals surface area contributed by atoms with E-state index >= 15 is 0 Å². The Bertz CT molecular complexity index is 1460. The number of likely N-dealkylation sites (N-methyl/N-ethyl adjacent to an activating group) is 1. The molecule has 1 saturated carbocycles. The highest BCUT2D eigenvalue weighted by molar-refractivity contribution is 7.86. The van der Waals surface area contributed by atoms with E-state index < -0.39 is 16.2 Å². The van der Waals surface area contributed by atoms with Crippen LogP contribution in [0.3, 0.4) is 0 Å². The lowest BCUT2D eigenvalue weighted by Crippen LogP contribution is -2.41. The maximum atomic E-state index is 11.9. The first-order valence-corrected chi connectivity index (χ1v) is 15.4. The van der Waals surface area contributed by atoms with E-state index in [1.54, 1.807) is 12.1 Å². The summed E-state index contributed by atoms with van der Waals surface area (Å²) in [7, 11) is -2.31. The van der Waals surface area contributed by atoms with Gasteiger partial charge in [-0.25, -0.2) is 9.93 Å². The van der Waals surface area contributed by atoms with E-state index in [1.807, 2.05) is 24.3 Å². The van der Waals surface area contributed by atoms with E-state index in [1.165, 1.54) is 31.9 Å². The van der Waals surface area contributed by atoms with E-state index in [4.69, 9.17) is 14.6 Å². The SMILES string of the molecule is CN(CCOCCN[C@H]1COc2ccccc2-c2c(C3CCCCC3)c3ccc(C(=O)O)cc3n2C1)S(N)(=O)=O. The Labute approximate surface area is 235 Å². The van der Waals surface area contributed by atoms with Crippen LogP contribution in [0.4, 0.5) is 0 Å². The molecular weight excluding hydrogens is 532 g/mol. The number of nitrogens with two attached hydrogens (primary N) is 1. The molecular formula is C29H38N4O6S. The summed E-state index contributed by atoms with van der Waals surface area (Å²) in [6.07, 6.45) is 5.88. The van der Waals surface area contributed by atoms with Crippen LogP contribution in [-0.4, -0.2) is 74.4 Å². The number of nitrogens with zero attached hydrogens (tertiary/aromatic N) is 2. The average Bonchev–Trinajstić information content (AvgIpc) is 3.24. The van der Waals surface area contributed by atoms with Crippen LogP contribution in [0.25, 0.3) is 22.2 Å². The summed E-state index contributed by atoms with van der Waals surface area (Å²) in [6, 6.07) is 13.5. The number of hydrogen-bond acceptors (Lipinski definition) is 6. The van der Waals surface area contributed by atoms with Gasteiger partial charge in [0.25, 0.3) is 10.2 Å². The van der Waals surface area contributed by atoms with E-state index in [2.05, 4.69) is 16.0 Å². The quantitative estimate of drug-likeness (QED) is 0.317. The summed E-state index contributed by atoms with van der Waals surface area (Å²) < 4.78 is 38.0. The Hall–Kier alpha value is -2.96. The van der Waals surface area contributed by atoms with Crippen molar-refractivity contribution in [1.29, 1.82) is 0 Å². The molecule has 1 aliphatic carbocycles. The minimum absolute atomic E-state index is 0.0638. The summed E-state index contributed by atoms with van der Waals surface area (Å²) in [4.78, 5) is 11.9. The standard InChI is InChI=1S/C29H38N4O6S/c1-32(40(30,36)37)14-16-38-15-13-31-22-18-33-25-17-21(29(34)35)11-12-23(25)27(20-7-3-2-4-8-20)28(33)24-9-5-6-10-26(24)39-19-22/h5-6,9-12,17,20,22,31H,2-4,7-8,13-16,18-19H2,1H3,(H,34,35)(H2,30,36,37)/t22-/m1/s1. The van der Waals surface area contributed by atoms with E-state index in [0.29, 0.717) is 32.2 Å². The predicted octanol–water partition coefficient (Wildman–Crippen LogP) is 3.56. The minimum atomic E-state index is -3.72. The molecule has 0 radical (unpaired) electrons. The van der Waals surface area contributed by atoms with Gasteiger partial charge in [0.15, 0.2) is 0 Å². The number of para-hydroxylation sites is 1. The zero-order valence-electron chi connectivity index (χ0n) is 22.8. The van der Waals surface area contributed by atoms with Crippen molar-refractivity contribution in [2.24, 2.45) is 5.14 Å². The van der Waals surface area contributed by atoms with Crippen molar-refractivity contribution >= 4 is 27.1 Å². The first kappa shape index (κ1) is 28.6. The third kappa shape index (κ3) is 6.18. The van der Waals surface area contributed by atoms with Gasteiger partial charge in [0.2, 0.25) is 0 Å². The van der Waals surface area contributed by atoms with Crippen molar-refractivity contribution in [3.63, 3.8) is 0 Å². The van der Waals surface area contributed by atoms with Crippen molar-refractivity contribution in [2.45, 2.75) is 50.6 Å². The number of carboxylic acid groups (broad SMARTS) is 1. The van der Waals surface area contributed by atoms with Gasteiger partial charge < -0.3 is 24.5 Å². The highest BCUT2D eigenvalue weighted by atomic mass is 32.2. The second-order valence-corrected chi connectivity index (χ2v) is 12.3. The van der Waals surface area contributed by atoms with Crippen LogP contribution in [-0.2, 0) is 21.5 Å². The van der Waals surface area contributed by atoms with Gasteiger partial charge in [0.1, 0.15) is 12.4 Å². The Balaban J connectivity index is 1.45. The summed E-state index contributed by atoms with van der Waals surface area (Å²) in [6.45, 7) is 2.38. The van der Waals surface area contributed by atoms with E-state index in [0.717, 1.165) is 45.1 Å². The molecule has 2 aromatic carbocycles. The summed E-state index contributed by atoms with van der Waals surface area (Å²) in [5.41, 5.74) is 4.66. The van der Waals surface area contributed by atoms with Gasteiger partial charge in [0, 0.05) is 43.1 Å². The molecule has 1 aliphatic heterocycles. The number of carbonyl (C=O) groups is 1. The van der Waals surface area contributed by atoms with E-state index in [9.17, 15) is 18.3 Å². The Morgan fingerprint density at radius 2 is 1.95 bits per heavy atom. The molecule has 11 heteroatoms. The summed E-state index contributed by atoms with van der Waals surface area (Å²) >= 11 is 0. The molecule has 0 amide bonds. The first-order chi connectivity index (χ1) is 19.2. The van der Waals surface area contributed by atoms with Crippen molar-refractivity contribution in [3.05, 3.63) is 53.6 Å². The van der Waals surface area contributed by atoms with Crippen molar-refractivity contribution < 1.29 is 27.8 Å². The van der Waals surface area contributed by atoms with Crippen LogP contribution in [0.15, 0.2) is 42.5 Å². The molecule has 0 unspecified atom stereocenters. The molecule has 5 rings (SSSR count). The molecule has 10 nitrogen and oxygen atoms in total. The van der Waals surface area contributed by atoms with Crippen LogP contribution in [0.1, 0.15) is 53.9 Å². The minimum Gasteiger partial charge on any atom is -0.491 e. The number of benzene rings is 2. The van der Waals surface area contributed by atoms with Gasteiger partial charge in [-0.05, 0) is 48.6 Å². The number of carboxylic acids is 1. The fourth-order valence-electron chi connectivity index (χ4n) is 5.93. The second-order valence-electron chi connectivity index (χ2n) is 10.7. The molecule has 4 N–H and O–H groups in total. The topological polar surface area (TPSA) is 136 Å². The lowest BCUT2D eigenvalue weighted by Gasteiger charge is -2.28. The Morgan fingerprint density at radius 1 is 1.18 bits per heavy atom. The normalized spacial score (nSPS) is 18.1.